The van der Waals surface area contributed by atoms with E-state index in [0.717, 1.165) is 17.7 Å². The molecule has 0 saturated carbocycles. The van der Waals surface area contributed by atoms with Crippen molar-refractivity contribution in [2.24, 2.45) is 0 Å². The first-order chi connectivity index (χ1) is 13.7. The molecule has 2 aromatic carbocycles. The standard InChI is InChI=1S/C22H23N3O3/c1-2-28-17-10-8-16(9-11-17)20-19-18(23-22(27)24-20)14-25(21(19)26)13-12-15-6-4-3-5-7-15/h3-11,20H,2,12-14H2,1H3,(H2,23,24,27). The summed E-state index contributed by atoms with van der Waals surface area (Å²) in [6, 6.07) is 16.9. The van der Waals surface area contributed by atoms with E-state index in [0.29, 0.717) is 31.0 Å². The molecule has 2 aromatic rings. The van der Waals surface area contributed by atoms with Crippen molar-refractivity contribution in [2.75, 3.05) is 19.7 Å². The summed E-state index contributed by atoms with van der Waals surface area (Å²) in [5, 5.41) is 5.69. The normalized spacial score (nSPS) is 18.6. The second kappa shape index (κ2) is 7.76. The highest BCUT2D eigenvalue weighted by atomic mass is 16.5. The molecule has 4 rings (SSSR count). The van der Waals surface area contributed by atoms with Crippen LogP contribution < -0.4 is 15.4 Å². The van der Waals surface area contributed by atoms with Crippen LogP contribution in [0.1, 0.15) is 24.1 Å². The van der Waals surface area contributed by atoms with E-state index in [2.05, 4.69) is 22.8 Å². The lowest BCUT2D eigenvalue weighted by atomic mass is 9.96. The molecule has 0 spiro atoms. The summed E-state index contributed by atoms with van der Waals surface area (Å²) in [6.45, 7) is 3.57. The van der Waals surface area contributed by atoms with Crippen LogP contribution >= 0.6 is 0 Å². The molecule has 2 N–H and O–H groups in total. The van der Waals surface area contributed by atoms with Gasteiger partial charge in [0.15, 0.2) is 0 Å². The number of amides is 3. The topological polar surface area (TPSA) is 70.7 Å². The van der Waals surface area contributed by atoms with Crippen LogP contribution in [0, 0.1) is 0 Å². The Morgan fingerprint density at radius 1 is 1.07 bits per heavy atom. The Kier molecular flexibility index (Phi) is 5.02. The van der Waals surface area contributed by atoms with E-state index in [1.54, 1.807) is 4.90 Å². The molecule has 0 bridgehead atoms. The molecule has 2 aliphatic rings. The fourth-order valence-electron chi connectivity index (χ4n) is 3.69. The number of hydrogen-bond acceptors (Lipinski definition) is 3. The maximum absolute atomic E-state index is 13.1. The molecule has 0 radical (unpaired) electrons. The van der Waals surface area contributed by atoms with Crippen LogP contribution in [0.5, 0.6) is 5.75 Å². The second-order valence-corrected chi connectivity index (χ2v) is 6.89. The van der Waals surface area contributed by atoms with Gasteiger partial charge in [0.25, 0.3) is 5.91 Å². The molecule has 0 saturated heterocycles. The number of nitrogens with zero attached hydrogens (tertiary/aromatic N) is 1. The van der Waals surface area contributed by atoms with Crippen LogP contribution in [0.25, 0.3) is 0 Å². The van der Waals surface area contributed by atoms with Gasteiger partial charge in [0.05, 0.1) is 30.5 Å². The Hall–Kier alpha value is -3.28. The number of nitrogens with one attached hydrogen (secondary N) is 2. The van der Waals surface area contributed by atoms with Crippen molar-refractivity contribution in [3.8, 4) is 5.75 Å². The Bertz CT molecular complexity index is 906. The van der Waals surface area contributed by atoms with Crippen LogP contribution in [0.2, 0.25) is 0 Å². The van der Waals surface area contributed by atoms with Crippen molar-refractivity contribution in [3.05, 3.63) is 77.0 Å². The first-order valence-corrected chi connectivity index (χ1v) is 9.52. The average Bonchev–Trinajstić information content (AvgIpc) is 3.03. The van der Waals surface area contributed by atoms with Crippen LogP contribution in [-0.4, -0.2) is 36.5 Å². The van der Waals surface area contributed by atoms with E-state index < -0.39 is 6.04 Å². The average molecular weight is 377 g/mol. The number of hydrogen-bond donors (Lipinski definition) is 2. The third-order valence-electron chi connectivity index (χ3n) is 5.06. The Labute approximate surface area is 164 Å². The molecular formula is C22H23N3O3. The zero-order valence-electron chi connectivity index (χ0n) is 15.8. The third kappa shape index (κ3) is 3.58. The predicted octanol–water partition coefficient (Wildman–Crippen LogP) is 2.78. The molecular weight excluding hydrogens is 354 g/mol. The number of ether oxygens (including phenoxy) is 1. The van der Waals surface area contributed by atoms with Crippen molar-refractivity contribution in [1.82, 2.24) is 15.5 Å². The van der Waals surface area contributed by atoms with Gasteiger partial charge in [-0.25, -0.2) is 4.79 Å². The minimum Gasteiger partial charge on any atom is -0.494 e. The predicted molar refractivity (Wildman–Crippen MR) is 106 cm³/mol. The highest BCUT2D eigenvalue weighted by Crippen LogP contribution is 2.33. The lowest BCUT2D eigenvalue weighted by molar-refractivity contribution is -0.125. The molecule has 2 heterocycles. The van der Waals surface area contributed by atoms with E-state index in [1.165, 1.54) is 5.56 Å². The molecule has 0 aromatic heterocycles. The smallest absolute Gasteiger partial charge is 0.319 e. The van der Waals surface area contributed by atoms with Gasteiger partial charge in [-0.3, -0.25) is 4.79 Å². The summed E-state index contributed by atoms with van der Waals surface area (Å²) in [4.78, 5) is 27.0. The highest BCUT2D eigenvalue weighted by molar-refractivity contribution is 6.01. The molecule has 0 fully saturated rings. The van der Waals surface area contributed by atoms with E-state index in [1.807, 2.05) is 49.4 Å². The third-order valence-corrected chi connectivity index (χ3v) is 5.06. The van der Waals surface area contributed by atoms with Crippen LogP contribution in [0.15, 0.2) is 65.9 Å². The van der Waals surface area contributed by atoms with Crippen molar-refractivity contribution in [1.29, 1.82) is 0 Å². The summed E-state index contributed by atoms with van der Waals surface area (Å²) in [5.74, 6) is 0.736. The maximum Gasteiger partial charge on any atom is 0.319 e. The lowest BCUT2D eigenvalue weighted by Crippen LogP contribution is -2.44. The summed E-state index contributed by atoms with van der Waals surface area (Å²) >= 11 is 0. The van der Waals surface area contributed by atoms with Crippen molar-refractivity contribution >= 4 is 11.9 Å². The zero-order chi connectivity index (χ0) is 19.5. The maximum atomic E-state index is 13.1. The molecule has 3 amide bonds. The van der Waals surface area contributed by atoms with Crippen LogP contribution in [-0.2, 0) is 11.2 Å². The highest BCUT2D eigenvalue weighted by Gasteiger charge is 2.40. The van der Waals surface area contributed by atoms with Gasteiger partial charge in [-0.05, 0) is 36.6 Å². The van der Waals surface area contributed by atoms with Gasteiger partial charge in [-0.2, -0.15) is 0 Å². The number of benzene rings is 2. The van der Waals surface area contributed by atoms with Gasteiger partial charge in [0.1, 0.15) is 5.75 Å². The number of carbonyl (C=O) groups excluding carboxylic acids is 2. The number of carbonyl (C=O) groups is 2. The molecule has 28 heavy (non-hydrogen) atoms. The minimum absolute atomic E-state index is 0.0303. The monoisotopic (exact) mass is 377 g/mol. The van der Waals surface area contributed by atoms with Gasteiger partial charge in [0, 0.05) is 6.54 Å². The fraction of sp³-hybridized carbons (Fsp3) is 0.273. The van der Waals surface area contributed by atoms with Crippen molar-refractivity contribution in [3.63, 3.8) is 0 Å². The van der Waals surface area contributed by atoms with Crippen LogP contribution in [0.3, 0.4) is 0 Å². The van der Waals surface area contributed by atoms with Gasteiger partial charge in [-0.15, -0.1) is 0 Å². The Morgan fingerprint density at radius 2 is 1.82 bits per heavy atom. The van der Waals surface area contributed by atoms with Crippen molar-refractivity contribution in [2.45, 2.75) is 19.4 Å². The Morgan fingerprint density at radius 3 is 2.54 bits per heavy atom. The Balaban J connectivity index is 1.52. The van der Waals surface area contributed by atoms with E-state index in [4.69, 9.17) is 4.74 Å². The van der Waals surface area contributed by atoms with E-state index >= 15 is 0 Å². The molecule has 6 heteroatoms. The molecule has 144 valence electrons. The largest absolute Gasteiger partial charge is 0.494 e. The van der Waals surface area contributed by atoms with E-state index in [9.17, 15) is 9.59 Å². The SMILES string of the molecule is CCOc1ccc(C2NC(=O)NC3=C2C(=O)N(CCc2ccccc2)C3)cc1. The second-order valence-electron chi connectivity index (χ2n) is 6.89. The molecule has 6 nitrogen and oxygen atoms in total. The molecule has 0 aliphatic carbocycles. The van der Waals surface area contributed by atoms with Gasteiger partial charge >= 0.3 is 6.03 Å². The van der Waals surface area contributed by atoms with Gasteiger partial charge in [0.2, 0.25) is 0 Å². The fourth-order valence-corrected chi connectivity index (χ4v) is 3.69. The molecule has 1 atom stereocenters. The minimum atomic E-state index is -0.450. The van der Waals surface area contributed by atoms with E-state index in [-0.39, 0.29) is 11.9 Å². The quantitative estimate of drug-likeness (QED) is 0.813. The molecule has 2 aliphatic heterocycles. The lowest BCUT2D eigenvalue weighted by Gasteiger charge is -2.25. The number of urea groups is 1. The van der Waals surface area contributed by atoms with Crippen molar-refractivity contribution < 1.29 is 14.3 Å². The molecule has 1 unspecified atom stereocenters. The van der Waals surface area contributed by atoms with Crippen LogP contribution in [0.4, 0.5) is 4.79 Å². The van der Waals surface area contributed by atoms with Gasteiger partial charge < -0.3 is 20.3 Å². The summed E-state index contributed by atoms with van der Waals surface area (Å²) in [7, 11) is 0. The summed E-state index contributed by atoms with van der Waals surface area (Å²) in [5.41, 5.74) is 3.37. The number of rotatable bonds is 6. The van der Waals surface area contributed by atoms with Gasteiger partial charge in [-0.1, -0.05) is 42.5 Å². The zero-order valence-corrected chi connectivity index (χ0v) is 15.8. The summed E-state index contributed by atoms with van der Waals surface area (Å²) in [6.07, 6.45) is 0.780. The first-order valence-electron chi connectivity index (χ1n) is 9.52. The first kappa shape index (κ1) is 18.1. The summed E-state index contributed by atoms with van der Waals surface area (Å²) < 4.78 is 5.48.